The molecule has 2 aromatic rings. The van der Waals surface area contributed by atoms with Gasteiger partial charge in [0.05, 0.1) is 11.6 Å². The molecule has 0 aliphatic carbocycles. The van der Waals surface area contributed by atoms with Crippen molar-refractivity contribution >= 4 is 22.6 Å². The highest BCUT2D eigenvalue weighted by atomic mass is 127. The first-order valence-electron chi connectivity index (χ1n) is 5.91. The number of halogens is 5. The van der Waals surface area contributed by atoms with Crippen LogP contribution in [0.25, 0.3) is 0 Å². The molecule has 0 fully saturated rings. The molecule has 0 spiro atoms. The molecule has 0 heterocycles. The van der Waals surface area contributed by atoms with Crippen LogP contribution in [0.5, 0.6) is 0 Å². The largest absolute Gasteiger partial charge is 0.416 e. The van der Waals surface area contributed by atoms with Gasteiger partial charge < -0.3 is 0 Å². The van der Waals surface area contributed by atoms with Crippen molar-refractivity contribution in [3.8, 4) is 0 Å². The van der Waals surface area contributed by atoms with Gasteiger partial charge >= 0.3 is 6.18 Å². The van der Waals surface area contributed by atoms with Gasteiger partial charge in [0, 0.05) is 3.57 Å². The molecule has 0 saturated heterocycles. The summed E-state index contributed by atoms with van der Waals surface area (Å²) in [5.74, 6) is 5.12. The minimum atomic E-state index is -4.38. The zero-order chi connectivity index (χ0) is 15.6. The number of hydrazine groups is 1. The lowest BCUT2D eigenvalue weighted by molar-refractivity contribution is -0.137. The van der Waals surface area contributed by atoms with Crippen molar-refractivity contribution in [3.05, 3.63) is 68.5 Å². The van der Waals surface area contributed by atoms with E-state index in [0.717, 1.165) is 12.1 Å². The lowest BCUT2D eigenvalue weighted by Crippen LogP contribution is -2.29. The summed E-state index contributed by atoms with van der Waals surface area (Å²) >= 11 is 1.96. The Labute approximate surface area is 132 Å². The predicted molar refractivity (Wildman–Crippen MR) is 79.7 cm³/mol. The Bertz CT molecular complexity index is 626. The molecule has 0 aromatic heterocycles. The van der Waals surface area contributed by atoms with Crippen LogP contribution in [-0.4, -0.2) is 0 Å². The summed E-state index contributed by atoms with van der Waals surface area (Å²) in [6, 6.07) is 8.36. The van der Waals surface area contributed by atoms with Crippen LogP contribution in [0.15, 0.2) is 42.5 Å². The molecule has 2 rings (SSSR count). The van der Waals surface area contributed by atoms with E-state index >= 15 is 0 Å². The average Bonchev–Trinajstić information content (AvgIpc) is 2.41. The molecule has 7 heteroatoms. The molecule has 0 bridgehead atoms. The first-order valence-corrected chi connectivity index (χ1v) is 6.99. The smallest absolute Gasteiger partial charge is 0.271 e. The highest BCUT2D eigenvalue weighted by Gasteiger charge is 2.30. The maximum atomic E-state index is 13.1. The van der Waals surface area contributed by atoms with Gasteiger partial charge in [-0.15, -0.1) is 0 Å². The molecule has 1 atom stereocenters. The summed E-state index contributed by atoms with van der Waals surface area (Å²) < 4.78 is 51.4. The van der Waals surface area contributed by atoms with E-state index in [2.05, 4.69) is 5.43 Å². The zero-order valence-electron chi connectivity index (χ0n) is 10.6. The first-order chi connectivity index (χ1) is 9.82. The van der Waals surface area contributed by atoms with E-state index in [1.807, 2.05) is 22.6 Å². The molecule has 1 unspecified atom stereocenters. The molecular weight excluding hydrogens is 399 g/mol. The fraction of sp³-hybridized carbons (Fsp3) is 0.143. The van der Waals surface area contributed by atoms with Gasteiger partial charge in [-0.3, -0.25) is 5.84 Å². The molecule has 0 radical (unpaired) electrons. The maximum Gasteiger partial charge on any atom is 0.416 e. The van der Waals surface area contributed by atoms with E-state index < -0.39 is 17.8 Å². The molecule has 2 nitrogen and oxygen atoms in total. The van der Waals surface area contributed by atoms with Crippen molar-refractivity contribution in [1.29, 1.82) is 0 Å². The standard InChI is InChI=1S/C14H11F4IN2/c15-10-5-6-11(12(19)7-10)13(21-20)8-1-3-9(4-2-8)14(16,17)18/h1-7,13,21H,20H2. The third-order valence-corrected chi connectivity index (χ3v) is 3.95. The summed E-state index contributed by atoms with van der Waals surface area (Å²) in [6.45, 7) is 0. The molecule has 112 valence electrons. The molecule has 0 saturated carbocycles. The zero-order valence-corrected chi connectivity index (χ0v) is 12.7. The van der Waals surface area contributed by atoms with Crippen molar-refractivity contribution in [2.24, 2.45) is 5.84 Å². The van der Waals surface area contributed by atoms with E-state index in [1.54, 1.807) is 6.07 Å². The predicted octanol–water partition coefficient (Wildman–Crippen LogP) is 4.00. The van der Waals surface area contributed by atoms with Crippen LogP contribution < -0.4 is 11.3 Å². The average molecular weight is 410 g/mol. The fourth-order valence-corrected chi connectivity index (χ4v) is 2.75. The second kappa shape index (κ2) is 6.29. The van der Waals surface area contributed by atoms with E-state index in [-0.39, 0.29) is 5.82 Å². The number of rotatable bonds is 3. The Morgan fingerprint density at radius 3 is 2.14 bits per heavy atom. The number of hydrogen-bond donors (Lipinski definition) is 2. The third kappa shape index (κ3) is 3.72. The van der Waals surface area contributed by atoms with Gasteiger partial charge in [-0.2, -0.15) is 13.2 Å². The number of alkyl halides is 3. The van der Waals surface area contributed by atoms with Crippen LogP contribution in [0, 0.1) is 9.39 Å². The molecule has 21 heavy (non-hydrogen) atoms. The monoisotopic (exact) mass is 410 g/mol. The van der Waals surface area contributed by atoms with Crippen LogP contribution in [0.4, 0.5) is 17.6 Å². The highest BCUT2D eigenvalue weighted by Crippen LogP contribution is 2.31. The van der Waals surface area contributed by atoms with Crippen LogP contribution >= 0.6 is 22.6 Å². The van der Waals surface area contributed by atoms with E-state index in [9.17, 15) is 17.6 Å². The third-order valence-electron chi connectivity index (χ3n) is 3.01. The number of benzene rings is 2. The Morgan fingerprint density at radius 1 is 1.05 bits per heavy atom. The molecule has 0 aliphatic rings. The van der Waals surface area contributed by atoms with Crippen molar-refractivity contribution in [3.63, 3.8) is 0 Å². The number of nitrogens with two attached hydrogens (primary N) is 1. The topological polar surface area (TPSA) is 38.0 Å². The fourth-order valence-electron chi connectivity index (χ4n) is 1.97. The summed E-state index contributed by atoms with van der Waals surface area (Å²) in [4.78, 5) is 0. The lowest BCUT2D eigenvalue weighted by atomic mass is 9.98. The number of nitrogens with one attached hydrogen (secondary N) is 1. The van der Waals surface area contributed by atoms with Gasteiger partial charge in [-0.25, -0.2) is 9.82 Å². The Balaban J connectivity index is 2.37. The second-order valence-corrected chi connectivity index (χ2v) is 5.55. The summed E-state index contributed by atoms with van der Waals surface area (Å²) in [5, 5.41) is 0. The van der Waals surface area contributed by atoms with Crippen molar-refractivity contribution in [1.82, 2.24) is 5.43 Å². The Hall–Kier alpha value is -1.19. The van der Waals surface area contributed by atoms with E-state index in [1.165, 1.54) is 24.3 Å². The Morgan fingerprint density at radius 2 is 1.67 bits per heavy atom. The minimum absolute atomic E-state index is 0.383. The van der Waals surface area contributed by atoms with Gasteiger partial charge in [-0.1, -0.05) is 18.2 Å². The normalized spacial score (nSPS) is 13.2. The Kier molecular flexibility index (Phi) is 4.84. The van der Waals surface area contributed by atoms with Gasteiger partial charge in [-0.05, 0) is 58.0 Å². The second-order valence-electron chi connectivity index (χ2n) is 4.39. The van der Waals surface area contributed by atoms with Crippen LogP contribution in [0.1, 0.15) is 22.7 Å². The summed E-state index contributed by atoms with van der Waals surface area (Å²) in [6.07, 6.45) is -4.38. The lowest BCUT2D eigenvalue weighted by Gasteiger charge is -2.19. The van der Waals surface area contributed by atoms with Crippen LogP contribution in [0.3, 0.4) is 0 Å². The van der Waals surface area contributed by atoms with Gasteiger partial charge in [0.25, 0.3) is 0 Å². The quantitative estimate of drug-likeness (QED) is 0.348. The summed E-state index contributed by atoms with van der Waals surface area (Å²) in [5.41, 5.74) is 3.08. The minimum Gasteiger partial charge on any atom is -0.271 e. The summed E-state index contributed by atoms with van der Waals surface area (Å²) in [7, 11) is 0. The number of hydrogen-bond acceptors (Lipinski definition) is 2. The molecular formula is C14H11F4IN2. The van der Waals surface area contributed by atoms with Crippen LogP contribution in [0.2, 0.25) is 0 Å². The van der Waals surface area contributed by atoms with Crippen molar-refractivity contribution < 1.29 is 17.6 Å². The van der Waals surface area contributed by atoms with E-state index in [0.29, 0.717) is 14.7 Å². The molecule has 2 aromatic carbocycles. The highest BCUT2D eigenvalue weighted by molar-refractivity contribution is 14.1. The van der Waals surface area contributed by atoms with Gasteiger partial charge in [0.2, 0.25) is 0 Å². The first kappa shape index (κ1) is 16.2. The SMILES string of the molecule is NNC(c1ccc(C(F)(F)F)cc1)c1ccc(F)cc1I. The molecule has 0 aliphatic heterocycles. The van der Waals surface area contributed by atoms with Gasteiger partial charge in [0.1, 0.15) is 5.82 Å². The van der Waals surface area contributed by atoms with Gasteiger partial charge in [0.15, 0.2) is 0 Å². The maximum absolute atomic E-state index is 13.1. The van der Waals surface area contributed by atoms with Crippen molar-refractivity contribution in [2.75, 3.05) is 0 Å². The molecule has 3 N–H and O–H groups in total. The molecule has 0 amide bonds. The van der Waals surface area contributed by atoms with Crippen molar-refractivity contribution in [2.45, 2.75) is 12.2 Å². The van der Waals surface area contributed by atoms with E-state index in [4.69, 9.17) is 5.84 Å². The van der Waals surface area contributed by atoms with Crippen LogP contribution in [-0.2, 0) is 6.18 Å².